The predicted octanol–water partition coefficient (Wildman–Crippen LogP) is 2.76. The summed E-state index contributed by atoms with van der Waals surface area (Å²) in [6.45, 7) is 0. The first-order valence-corrected chi connectivity index (χ1v) is 7.12. The Hall–Kier alpha value is -1.30. The zero-order chi connectivity index (χ0) is 12.3. The third-order valence-corrected chi connectivity index (χ3v) is 5.62. The summed E-state index contributed by atoms with van der Waals surface area (Å²) < 4.78 is 2.05. The van der Waals surface area contributed by atoms with E-state index in [-0.39, 0.29) is 0 Å². The van der Waals surface area contributed by atoms with Gasteiger partial charge in [-0.05, 0) is 56.3 Å². The summed E-state index contributed by atoms with van der Waals surface area (Å²) in [7, 11) is 2.01. The van der Waals surface area contributed by atoms with E-state index in [1.165, 1.54) is 44.3 Å². The van der Waals surface area contributed by atoms with Gasteiger partial charge in [0.05, 0.1) is 6.20 Å². The zero-order valence-corrected chi connectivity index (χ0v) is 10.9. The van der Waals surface area contributed by atoms with Crippen LogP contribution in [0.4, 0.5) is 0 Å². The van der Waals surface area contributed by atoms with Crippen LogP contribution in [0.3, 0.4) is 0 Å². The fourth-order valence-corrected chi connectivity index (χ4v) is 5.39. The van der Waals surface area contributed by atoms with Crippen molar-refractivity contribution < 1.29 is 0 Å². The molecule has 0 aliphatic heterocycles. The number of rotatable bonds is 1. The minimum Gasteiger partial charge on any atom is -0.323 e. The van der Waals surface area contributed by atoms with Crippen LogP contribution in [0.1, 0.15) is 50.0 Å². The summed E-state index contributed by atoms with van der Waals surface area (Å²) in [5.41, 5.74) is 1.01. The predicted molar refractivity (Wildman–Crippen MR) is 67.8 cm³/mol. The van der Waals surface area contributed by atoms with Crippen LogP contribution < -0.4 is 0 Å². The molecule has 0 N–H and O–H groups in total. The van der Waals surface area contributed by atoms with Gasteiger partial charge in [-0.25, -0.2) is 4.98 Å². The van der Waals surface area contributed by atoms with Crippen molar-refractivity contribution in [3.05, 3.63) is 17.7 Å². The first-order valence-electron chi connectivity index (χ1n) is 7.12. The minimum absolute atomic E-state index is 0.304. The molecule has 0 unspecified atom stereocenters. The monoisotopic (exact) mass is 241 g/mol. The normalized spacial score (nSPS) is 41.0. The number of hydrogen-bond donors (Lipinski definition) is 0. The second kappa shape index (κ2) is 3.38. The van der Waals surface area contributed by atoms with Crippen LogP contribution >= 0.6 is 0 Å². The van der Waals surface area contributed by atoms with Crippen molar-refractivity contribution in [2.45, 2.75) is 43.9 Å². The number of hydrogen-bond acceptors (Lipinski definition) is 2. The van der Waals surface area contributed by atoms with Gasteiger partial charge < -0.3 is 4.57 Å². The highest BCUT2D eigenvalue weighted by atomic mass is 15.1. The van der Waals surface area contributed by atoms with E-state index < -0.39 is 0 Å². The Balaban J connectivity index is 1.79. The SMILES string of the molecule is Cn1c(C#N)cnc1C12CC3CC(CC(C3)C1)C2. The highest BCUT2D eigenvalue weighted by molar-refractivity contribution is 5.26. The van der Waals surface area contributed by atoms with Gasteiger partial charge in [-0.3, -0.25) is 0 Å². The fourth-order valence-electron chi connectivity index (χ4n) is 5.39. The smallest absolute Gasteiger partial charge is 0.139 e. The summed E-state index contributed by atoms with van der Waals surface area (Å²) in [6, 6.07) is 2.25. The lowest BCUT2D eigenvalue weighted by Gasteiger charge is -2.56. The summed E-state index contributed by atoms with van der Waals surface area (Å²) in [5.74, 6) is 3.98. The Morgan fingerprint density at radius 2 is 1.78 bits per heavy atom. The van der Waals surface area contributed by atoms with Gasteiger partial charge in [-0.15, -0.1) is 0 Å². The van der Waals surface area contributed by atoms with Gasteiger partial charge in [0.25, 0.3) is 0 Å². The molecule has 5 rings (SSSR count). The second-order valence-electron chi connectivity index (χ2n) is 6.84. The van der Waals surface area contributed by atoms with Gasteiger partial charge in [-0.2, -0.15) is 5.26 Å². The van der Waals surface area contributed by atoms with Gasteiger partial charge in [0, 0.05) is 12.5 Å². The fraction of sp³-hybridized carbons (Fsp3) is 0.733. The summed E-state index contributed by atoms with van der Waals surface area (Å²) in [4.78, 5) is 4.62. The van der Waals surface area contributed by atoms with E-state index >= 15 is 0 Å². The molecular weight excluding hydrogens is 222 g/mol. The Bertz CT molecular complexity index is 499. The van der Waals surface area contributed by atoms with Gasteiger partial charge in [0.1, 0.15) is 17.6 Å². The molecule has 0 saturated heterocycles. The lowest BCUT2D eigenvalue weighted by atomic mass is 9.49. The van der Waals surface area contributed by atoms with E-state index in [0.29, 0.717) is 11.1 Å². The van der Waals surface area contributed by atoms with Crippen molar-refractivity contribution in [1.29, 1.82) is 5.26 Å². The maximum Gasteiger partial charge on any atom is 0.139 e. The topological polar surface area (TPSA) is 41.6 Å². The van der Waals surface area contributed by atoms with Gasteiger partial charge >= 0.3 is 0 Å². The standard InChI is InChI=1S/C15H19N3/c1-18-13(8-16)9-17-14(18)15-5-10-2-11(6-15)4-12(3-10)7-15/h9-12H,2-7H2,1H3. The maximum atomic E-state index is 9.10. The molecule has 94 valence electrons. The van der Waals surface area contributed by atoms with Crippen LogP contribution in [-0.4, -0.2) is 9.55 Å². The number of imidazole rings is 1. The van der Waals surface area contributed by atoms with E-state index in [4.69, 9.17) is 5.26 Å². The number of nitriles is 1. The van der Waals surface area contributed by atoms with Crippen LogP contribution in [0.25, 0.3) is 0 Å². The molecule has 3 heteroatoms. The molecule has 1 heterocycles. The number of nitrogens with zero attached hydrogens (tertiary/aromatic N) is 3. The van der Waals surface area contributed by atoms with E-state index in [1.54, 1.807) is 6.20 Å². The van der Waals surface area contributed by atoms with Gasteiger partial charge in [-0.1, -0.05) is 0 Å². The second-order valence-corrected chi connectivity index (χ2v) is 6.84. The molecule has 0 radical (unpaired) electrons. The molecule has 0 amide bonds. The van der Waals surface area contributed by atoms with E-state index in [2.05, 4.69) is 11.1 Å². The average molecular weight is 241 g/mol. The molecule has 4 saturated carbocycles. The van der Waals surface area contributed by atoms with Crippen LogP contribution in [-0.2, 0) is 12.5 Å². The largest absolute Gasteiger partial charge is 0.323 e. The Morgan fingerprint density at radius 1 is 1.22 bits per heavy atom. The lowest BCUT2D eigenvalue weighted by molar-refractivity contribution is -0.0106. The van der Waals surface area contributed by atoms with Crippen LogP contribution in [0.2, 0.25) is 0 Å². The third-order valence-electron chi connectivity index (χ3n) is 5.62. The van der Waals surface area contributed by atoms with Crippen LogP contribution in [0.5, 0.6) is 0 Å². The van der Waals surface area contributed by atoms with Gasteiger partial charge in [0.2, 0.25) is 0 Å². The average Bonchev–Trinajstić information content (AvgIpc) is 2.69. The molecule has 4 bridgehead atoms. The van der Waals surface area contributed by atoms with Gasteiger partial charge in [0.15, 0.2) is 0 Å². The summed E-state index contributed by atoms with van der Waals surface area (Å²) in [6.07, 6.45) is 10.1. The van der Waals surface area contributed by atoms with E-state index in [9.17, 15) is 0 Å². The van der Waals surface area contributed by atoms with Crippen LogP contribution in [0, 0.1) is 29.1 Å². The Morgan fingerprint density at radius 3 is 2.22 bits per heavy atom. The molecule has 4 aliphatic rings. The highest BCUT2D eigenvalue weighted by Gasteiger charge is 2.53. The molecule has 0 atom stereocenters. The van der Waals surface area contributed by atoms with Crippen molar-refractivity contribution in [2.24, 2.45) is 24.8 Å². The van der Waals surface area contributed by atoms with E-state index in [0.717, 1.165) is 17.8 Å². The maximum absolute atomic E-state index is 9.10. The van der Waals surface area contributed by atoms with Crippen molar-refractivity contribution in [3.8, 4) is 6.07 Å². The molecule has 18 heavy (non-hydrogen) atoms. The highest BCUT2D eigenvalue weighted by Crippen LogP contribution is 2.60. The van der Waals surface area contributed by atoms with E-state index in [1.807, 2.05) is 11.6 Å². The lowest BCUT2D eigenvalue weighted by Crippen LogP contribution is -2.49. The molecule has 1 aromatic rings. The van der Waals surface area contributed by atoms with Crippen molar-refractivity contribution in [1.82, 2.24) is 9.55 Å². The molecular formula is C15H19N3. The Kier molecular flexibility index (Phi) is 1.99. The summed E-state index contributed by atoms with van der Waals surface area (Å²) in [5, 5.41) is 9.10. The molecule has 1 aromatic heterocycles. The number of aromatic nitrogens is 2. The van der Waals surface area contributed by atoms with Crippen molar-refractivity contribution >= 4 is 0 Å². The van der Waals surface area contributed by atoms with Crippen molar-refractivity contribution in [2.75, 3.05) is 0 Å². The molecule has 0 spiro atoms. The Labute approximate surface area is 108 Å². The van der Waals surface area contributed by atoms with Crippen molar-refractivity contribution in [3.63, 3.8) is 0 Å². The molecule has 3 nitrogen and oxygen atoms in total. The quantitative estimate of drug-likeness (QED) is 0.758. The third kappa shape index (κ3) is 1.27. The van der Waals surface area contributed by atoms with Crippen LogP contribution in [0.15, 0.2) is 6.20 Å². The first-order chi connectivity index (χ1) is 8.70. The molecule has 4 fully saturated rings. The first kappa shape index (κ1) is 10.6. The zero-order valence-electron chi connectivity index (χ0n) is 10.9. The molecule has 0 aromatic carbocycles. The minimum atomic E-state index is 0.304. The molecule has 4 aliphatic carbocycles. The summed E-state index contributed by atoms with van der Waals surface area (Å²) >= 11 is 0.